The molecule has 0 N–H and O–H groups in total. The van der Waals surface area contributed by atoms with Crippen molar-refractivity contribution < 1.29 is 9.22 Å². The lowest BCUT2D eigenvalue weighted by Crippen LogP contribution is -2.64. The first-order valence-corrected chi connectivity index (χ1v) is 12.7. The smallest absolute Gasteiger partial charge is 0.192 e. The summed E-state index contributed by atoms with van der Waals surface area (Å²) in [5.41, 5.74) is 0.0626. The Bertz CT molecular complexity index is 492. The molecule has 23 heavy (non-hydrogen) atoms. The van der Waals surface area contributed by atoms with Crippen LogP contribution in [0.5, 0.6) is 0 Å². The van der Waals surface area contributed by atoms with Crippen molar-refractivity contribution in [1.29, 1.82) is 0 Å². The van der Waals surface area contributed by atoms with Crippen LogP contribution in [0.3, 0.4) is 0 Å². The molecule has 3 aliphatic rings. The summed E-state index contributed by atoms with van der Waals surface area (Å²) >= 11 is 0. The fraction of sp³-hybridized carbons (Fsp3) is 0.950. The quantitative estimate of drug-likeness (QED) is 0.603. The maximum atomic E-state index is 12.8. The third kappa shape index (κ3) is 2.57. The van der Waals surface area contributed by atoms with E-state index in [0.29, 0.717) is 17.6 Å². The minimum atomic E-state index is -1.84. The molecule has 3 rings (SSSR count). The molecule has 0 radical (unpaired) electrons. The average Bonchev–Trinajstić information content (AvgIpc) is 2.75. The number of hydrogen-bond donors (Lipinski definition) is 0. The molecule has 0 aliphatic heterocycles. The zero-order valence-corrected chi connectivity index (χ0v) is 17.1. The van der Waals surface area contributed by atoms with Crippen LogP contribution in [0.1, 0.15) is 79.1 Å². The Morgan fingerprint density at radius 1 is 1.09 bits per heavy atom. The predicted octanol–water partition coefficient (Wildman–Crippen LogP) is 5.72. The van der Waals surface area contributed by atoms with Crippen molar-refractivity contribution in [2.24, 2.45) is 17.3 Å². The molecule has 0 aromatic heterocycles. The van der Waals surface area contributed by atoms with Gasteiger partial charge in [0, 0.05) is 17.8 Å². The summed E-state index contributed by atoms with van der Waals surface area (Å²) in [5, 5.41) is 0.233. The van der Waals surface area contributed by atoms with Crippen LogP contribution in [0.2, 0.25) is 18.1 Å². The molecular formula is C20H36O2Si. The first kappa shape index (κ1) is 17.7. The van der Waals surface area contributed by atoms with Gasteiger partial charge < -0.3 is 4.43 Å². The van der Waals surface area contributed by atoms with Crippen LogP contribution in [0, 0.1) is 17.3 Å². The zero-order chi connectivity index (χ0) is 17.1. The number of Topliss-reactive ketones (excluding diaryl/α,β-unsaturated/α-hetero) is 1. The van der Waals surface area contributed by atoms with E-state index in [4.69, 9.17) is 4.43 Å². The number of carbonyl (C=O) groups excluding carboxylic acids is 1. The third-order valence-electron chi connectivity index (χ3n) is 7.88. The first-order valence-electron chi connectivity index (χ1n) is 9.75. The summed E-state index contributed by atoms with van der Waals surface area (Å²) in [5.74, 6) is 1.33. The van der Waals surface area contributed by atoms with Gasteiger partial charge in [-0.25, -0.2) is 0 Å². The van der Waals surface area contributed by atoms with Crippen LogP contribution in [0.15, 0.2) is 0 Å². The highest BCUT2D eigenvalue weighted by molar-refractivity contribution is 6.74. The molecule has 0 aromatic carbocycles. The number of ketones is 1. The normalized spacial score (nSPS) is 41.6. The van der Waals surface area contributed by atoms with Crippen molar-refractivity contribution in [2.75, 3.05) is 0 Å². The summed E-state index contributed by atoms with van der Waals surface area (Å²) in [6.07, 6.45) is 9.21. The second kappa shape index (κ2) is 5.42. The number of rotatable bonds is 2. The van der Waals surface area contributed by atoms with Gasteiger partial charge in [-0.05, 0) is 56.2 Å². The molecule has 0 amide bonds. The van der Waals surface area contributed by atoms with Crippen LogP contribution in [0.4, 0.5) is 0 Å². The van der Waals surface area contributed by atoms with Gasteiger partial charge in [0.25, 0.3) is 0 Å². The fourth-order valence-electron chi connectivity index (χ4n) is 5.57. The SMILES string of the molecule is CC(C)(C)[Si](C)(C)O[C@]12CCC[C@@]1(C)CC(=O)[C@@H]1CCCC[C@H]12. The Labute approximate surface area is 143 Å². The standard InChI is InChI=1S/C20H36O2Si/c1-18(2,3)23(5,6)22-20-13-9-12-19(20,4)14-17(21)15-10-7-8-11-16(15)20/h15-16H,7-14H2,1-6H3/t15-,16-,19+,20+/m1/s1. The van der Waals surface area contributed by atoms with Gasteiger partial charge in [0.1, 0.15) is 5.78 Å². The van der Waals surface area contributed by atoms with Gasteiger partial charge in [-0.1, -0.05) is 40.5 Å². The second-order valence-electron chi connectivity index (χ2n) is 10.3. The monoisotopic (exact) mass is 336 g/mol. The van der Waals surface area contributed by atoms with E-state index in [1.807, 2.05) is 0 Å². The van der Waals surface area contributed by atoms with Gasteiger partial charge in [0.15, 0.2) is 8.32 Å². The highest BCUT2D eigenvalue weighted by atomic mass is 28.4. The minimum absolute atomic E-state index is 0.0189. The van der Waals surface area contributed by atoms with E-state index in [0.717, 1.165) is 12.8 Å². The maximum absolute atomic E-state index is 12.8. The molecule has 0 spiro atoms. The van der Waals surface area contributed by atoms with Crippen molar-refractivity contribution >= 4 is 14.1 Å². The van der Waals surface area contributed by atoms with Gasteiger partial charge in [0.05, 0.1) is 5.60 Å². The molecule has 0 saturated heterocycles. The Morgan fingerprint density at radius 2 is 1.74 bits per heavy atom. The lowest BCUT2D eigenvalue weighted by atomic mass is 9.54. The molecule has 3 heteroatoms. The highest BCUT2D eigenvalue weighted by Gasteiger charge is 2.65. The second-order valence-corrected chi connectivity index (χ2v) is 15.0. The Morgan fingerprint density at radius 3 is 2.39 bits per heavy atom. The van der Waals surface area contributed by atoms with Gasteiger partial charge >= 0.3 is 0 Å². The molecule has 4 atom stereocenters. The number of hydrogen-bond acceptors (Lipinski definition) is 2. The lowest BCUT2D eigenvalue weighted by Gasteiger charge is -2.59. The molecule has 3 fully saturated rings. The summed E-state index contributed by atoms with van der Waals surface area (Å²) in [4.78, 5) is 12.8. The molecule has 3 aliphatic carbocycles. The molecule has 0 aromatic rings. The largest absolute Gasteiger partial charge is 0.410 e. The van der Waals surface area contributed by atoms with Crippen molar-refractivity contribution in [1.82, 2.24) is 0 Å². The Kier molecular flexibility index (Phi) is 4.16. The summed E-state index contributed by atoms with van der Waals surface area (Å²) in [7, 11) is -1.84. The molecule has 132 valence electrons. The van der Waals surface area contributed by atoms with E-state index in [-0.39, 0.29) is 16.1 Å². The summed E-state index contributed by atoms with van der Waals surface area (Å²) in [6.45, 7) is 14.2. The van der Waals surface area contributed by atoms with E-state index in [2.05, 4.69) is 40.8 Å². The van der Waals surface area contributed by atoms with E-state index >= 15 is 0 Å². The van der Waals surface area contributed by atoms with Crippen molar-refractivity contribution in [3.63, 3.8) is 0 Å². The van der Waals surface area contributed by atoms with E-state index in [1.54, 1.807) is 0 Å². The maximum Gasteiger partial charge on any atom is 0.192 e. The first-order chi connectivity index (χ1) is 10.5. The highest BCUT2D eigenvalue weighted by Crippen LogP contribution is 2.64. The predicted molar refractivity (Wildman–Crippen MR) is 98.0 cm³/mol. The minimum Gasteiger partial charge on any atom is -0.410 e. The van der Waals surface area contributed by atoms with Crippen molar-refractivity contribution in [3.8, 4) is 0 Å². The Balaban J connectivity index is 2.02. The van der Waals surface area contributed by atoms with E-state index in [9.17, 15) is 4.79 Å². The zero-order valence-electron chi connectivity index (χ0n) is 16.1. The van der Waals surface area contributed by atoms with Crippen LogP contribution in [0.25, 0.3) is 0 Å². The summed E-state index contributed by atoms with van der Waals surface area (Å²) in [6, 6.07) is 0. The number of carbonyl (C=O) groups is 1. The van der Waals surface area contributed by atoms with Gasteiger partial charge in [-0.2, -0.15) is 0 Å². The van der Waals surface area contributed by atoms with Crippen LogP contribution < -0.4 is 0 Å². The van der Waals surface area contributed by atoms with Gasteiger partial charge in [-0.3, -0.25) is 4.79 Å². The number of fused-ring (bicyclic) bond motifs is 3. The van der Waals surface area contributed by atoms with Crippen molar-refractivity contribution in [2.45, 2.75) is 103 Å². The third-order valence-corrected chi connectivity index (χ3v) is 12.4. The molecular weight excluding hydrogens is 300 g/mol. The average molecular weight is 337 g/mol. The van der Waals surface area contributed by atoms with Gasteiger partial charge in [-0.15, -0.1) is 0 Å². The molecule has 0 unspecified atom stereocenters. The summed E-state index contributed by atoms with van der Waals surface area (Å²) < 4.78 is 7.26. The van der Waals surface area contributed by atoms with Crippen molar-refractivity contribution in [3.05, 3.63) is 0 Å². The fourth-order valence-corrected chi connectivity index (χ4v) is 7.29. The van der Waals surface area contributed by atoms with E-state index in [1.165, 1.54) is 38.5 Å². The van der Waals surface area contributed by atoms with Crippen LogP contribution >= 0.6 is 0 Å². The molecule has 0 heterocycles. The lowest BCUT2D eigenvalue weighted by molar-refractivity contribution is -0.166. The van der Waals surface area contributed by atoms with Crippen LogP contribution in [-0.4, -0.2) is 19.7 Å². The Hall–Kier alpha value is -0.153. The topological polar surface area (TPSA) is 26.3 Å². The van der Waals surface area contributed by atoms with E-state index < -0.39 is 8.32 Å². The molecule has 3 saturated carbocycles. The molecule has 0 bridgehead atoms. The van der Waals surface area contributed by atoms with Crippen LogP contribution in [-0.2, 0) is 9.22 Å². The van der Waals surface area contributed by atoms with Gasteiger partial charge in [0.2, 0.25) is 0 Å². The molecule has 2 nitrogen and oxygen atoms in total.